The van der Waals surface area contributed by atoms with Crippen LogP contribution in [0.4, 0.5) is 0 Å². The molecule has 2 aliphatic rings. The van der Waals surface area contributed by atoms with E-state index in [-0.39, 0.29) is 17.2 Å². The fourth-order valence-electron chi connectivity index (χ4n) is 6.67. The predicted molar refractivity (Wildman–Crippen MR) is 183 cm³/mol. The van der Waals surface area contributed by atoms with Gasteiger partial charge in [-0.25, -0.2) is 0 Å². The van der Waals surface area contributed by atoms with E-state index in [4.69, 9.17) is 23.4 Å². The number of fused-ring (bicyclic) bond motifs is 2. The zero-order valence-corrected chi connectivity index (χ0v) is 28.7. The van der Waals surface area contributed by atoms with Crippen molar-refractivity contribution in [2.75, 3.05) is 11.0 Å². The highest BCUT2D eigenvalue weighted by Crippen LogP contribution is 2.46. The van der Waals surface area contributed by atoms with Crippen molar-refractivity contribution in [2.45, 2.75) is 76.1 Å². The Morgan fingerprint density at radius 2 is 1.37 bits per heavy atom. The summed E-state index contributed by atoms with van der Waals surface area (Å²) in [7, 11) is -2.81. The maximum Gasteiger partial charge on any atom is 0.261 e. The highest BCUT2D eigenvalue weighted by Gasteiger charge is 2.63. The Morgan fingerprint density at radius 1 is 0.767 bits per heavy atom. The summed E-state index contributed by atoms with van der Waals surface area (Å²) in [6.07, 6.45) is -1.29. The Kier molecular flexibility index (Phi) is 8.62. The summed E-state index contributed by atoms with van der Waals surface area (Å²) < 4.78 is 34.4. The van der Waals surface area contributed by atoms with Gasteiger partial charge in [0.15, 0.2) is 12.1 Å². The molecule has 0 aromatic heterocycles. The molecule has 226 valence electrons. The molecular formula is C36H41IO5Si. The van der Waals surface area contributed by atoms with Crippen molar-refractivity contribution in [1.82, 2.24) is 0 Å². The van der Waals surface area contributed by atoms with Crippen LogP contribution in [0.1, 0.15) is 40.2 Å². The van der Waals surface area contributed by atoms with E-state index in [1.165, 1.54) is 21.1 Å². The standard InChI is InChI=1S/C36H41IO5Si/c1-34(2,3)43(29-16-8-6-9-17-29,30-18-10-7-11-19-30)39-25-36(24-37)32(31-33(42-36)41-35(4,5)40-31)38-23-26-20-21-27-14-12-13-15-28(27)22-26/h6-22,31-33H,23-25H2,1-5H3/t31-,32+,33+,36+/m1/s1. The smallest absolute Gasteiger partial charge is 0.261 e. The summed E-state index contributed by atoms with van der Waals surface area (Å²) in [5.41, 5.74) is 0.339. The van der Waals surface area contributed by atoms with Crippen LogP contribution < -0.4 is 10.4 Å². The van der Waals surface area contributed by atoms with Crippen molar-refractivity contribution >= 4 is 52.1 Å². The number of hydrogen-bond donors (Lipinski definition) is 0. The molecule has 2 aliphatic heterocycles. The number of hydrogen-bond acceptors (Lipinski definition) is 5. The summed E-state index contributed by atoms with van der Waals surface area (Å²) in [5, 5.41) is 4.72. The molecule has 0 saturated carbocycles. The molecule has 4 aromatic rings. The number of rotatable bonds is 9. The third kappa shape index (κ3) is 5.86. The normalized spacial score (nSPS) is 25.2. The first-order valence-corrected chi connectivity index (χ1v) is 18.4. The van der Waals surface area contributed by atoms with Crippen LogP contribution in [0.2, 0.25) is 5.04 Å². The van der Waals surface area contributed by atoms with Crippen molar-refractivity contribution in [2.24, 2.45) is 0 Å². The van der Waals surface area contributed by atoms with Gasteiger partial charge in [-0.05, 0) is 51.7 Å². The van der Waals surface area contributed by atoms with Crippen molar-refractivity contribution in [3.05, 3.63) is 109 Å². The molecule has 0 N–H and O–H groups in total. The van der Waals surface area contributed by atoms with Crippen LogP contribution in [0.5, 0.6) is 0 Å². The molecule has 0 bridgehead atoms. The summed E-state index contributed by atoms with van der Waals surface area (Å²) >= 11 is 2.41. The Balaban J connectivity index is 1.36. The maximum absolute atomic E-state index is 7.42. The van der Waals surface area contributed by atoms with E-state index >= 15 is 0 Å². The highest BCUT2D eigenvalue weighted by molar-refractivity contribution is 14.1. The van der Waals surface area contributed by atoms with E-state index < -0.39 is 26.0 Å². The number of halogens is 1. The van der Waals surface area contributed by atoms with Crippen LogP contribution in [-0.4, -0.2) is 49.2 Å². The van der Waals surface area contributed by atoms with Gasteiger partial charge in [0.25, 0.3) is 8.32 Å². The van der Waals surface area contributed by atoms with Crippen molar-refractivity contribution < 1.29 is 23.4 Å². The molecule has 2 fully saturated rings. The van der Waals surface area contributed by atoms with Crippen LogP contribution >= 0.6 is 22.6 Å². The topological polar surface area (TPSA) is 46.2 Å². The molecule has 2 heterocycles. The molecule has 4 aromatic carbocycles. The number of alkyl halides is 1. The van der Waals surface area contributed by atoms with Gasteiger partial charge in [-0.3, -0.25) is 0 Å². The Hall–Kier alpha value is -2.11. The molecule has 0 amide bonds. The zero-order chi connectivity index (χ0) is 30.3. The lowest BCUT2D eigenvalue weighted by Crippen LogP contribution is -2.68. The molecule has 0 spiro atoms. The minimum atomic E-state index is -2.81. The Bertz CT molecular complexity index is 1500. The van der Waals surface area contributed by atoms with E-state index in [1.54, 1.807) is 0 Å². The molecule has 4 atom stereocenters. The van der Waals surface area contributed by atoms with E-state index in [0.29, 0.717) is 17.6 Å². The van der Waals surface area contributed by atoms with Crippen LogP contribution in [0.25, 0.3) is 10.8 Å². The molecule has 0 aliphatic carbocycles. The van der Waals surface area contributed by atoms with Gasteiger partial charge in [0.1, 0.15) is 17.8 Å². The summed E-state index contributed by atoms with van der Waals surface area (Å²) in [4.78, 5) is 0. The monoisotopic (exact) mass is 708 g/mol. The summed E-state index contributed by atoms with van der Waals surface area (Å²) in [6.45, 7) is 11.5. The fourth-order valence-corrected chi connectivity index (χ4v) is 12.1. The first kappa shape index (κ1) is 30.9. The SMILES string of the molecule is CC1(C)O[C@H]2O[C@@](CI)(CO[Si](c3ccccc3)(c3ccccc3)C(C)(C)C)[C@@H](OCc3ccc4ccccc4c3)[C@H]2O1. The molecule has 0 unspecified atom stereocenters. The molecule has 0 radical (unpaired) electrons. The fraction of sp³-hybridized carbons (Fsp3) is 0.389. The molecule has 6 rings (SSSR count). The molecule has 5 nitrogen and oxygen atoms in total. The van der Waals surface area contributed by atoms with Crippen molar-refractivity contribution in [1.29, 1.82) is 0 Å². The van der Waals surface area contributed by atoms with E-state index in [2.05, 4.69) is 146 Å². The van der Waals surface area contributed by atoms with Crippen LogP contribution in [0, 0.1) is 0 Å². The first-order chi connectivity index (χ1) is 20.6. The van der Waals surface area contributed by atoms with Crippen molar-refractivity contribution in [3.63, 3.8) is 0 Å². The van der Waals surface area contributed by atoms with E-state index in [1.807, 2.05) is 13.8 Å². The Morgan fingerprint density at radius 3 is 1.98 bits per heavy atom. The van der Waals surface area contributed by atoms with Crippen LogP contribution in [0.3, 0.4) is 0 Å². The van der Waals surface area contributed by atoms with Gasteiger partial charge in [-0.1, -0.05) is 140 Å². The second kappa shape index (κ2) is 12.0. The van der Waals surface area contributed by atoms with Crippen LogP contribution in [-0.2, 0) is 30.0 Å². The lowest BCUT2D eigenvalue weighted by atomic mass is 9.98. The second-order valence-corrected chi connectivity index (χ2v) is 18.2. The van der Waals surface area contributed by atoms with Gasteiger partial charge in [0, 0.05) is 4.43 Å². The lowest BCUT2D eigenvalue weighted by molar-refractivity contribution is -0.244. The Labute approximate surface area is 270 Å². The quantitative estimate of drug-likeness (QED) is 0.107. The van der Waals surface area contributed by atoms with E-state index in [9.17, 15) is 0 Å². The van der Waals surface area contributed by atoms with Gasteiger partial charge < -0.3 is 23.4 Å². The average Bonchev–Trinajstić information content (AvgIpc) is 3.44. The highest BCUT2D eigenvalue weighted by atomic mass is 127. The average molecular weight is 709 g/mol. The summed E-state index contributed by atoms with van der Waals surface area (Å²) in [5.74, 6) is -0.754. The zero-order valence-electron chi connectivity index (χ0n) is 25.6. The molecular weight excluding hydrogens is 667 g/mol. The van der Waals surface area contributed by atoms with Crippen molar-refractivity contribution in [3.8, 4) is 0 Å². The number of benzene rings is 4. The van der Waals surface area contributed by atoms with Crippen LogP contribution in [0.15, 0.2) is 103 Å². The largest absolute Gasteiger partial charge is 0.404 e. The van der Waals surface area contributed by atoms with Gasteiger partial charge in [0.2, 0.25) is 0 Å². The molecule has 43 heavy (non-hydrogen) atoms. The van der Waals surface area contributed by atoms with Gasteiger partial charge >= 0.3 is 0 Å². The minimum Gasteiger partial charge on any atom is -0.404 e. The predicted octanol–water partition coefficient (Wildman–Crippen LogP) is 6.98. The molecule has 7 heteroatoms. The van der Waals surface area contributed by atoms with Gasteiger partial charge in [-0.2, -0.15) is 0 Å². The number of ether oxygens (including phenoxy) is 4. The second-order valence-electron chi connectivity index (χ2n) is 13.1. The third-order valence-electron chi connectivity index (χ3n) is 8.68. The van der Waals surface area contributed by atoms with Gasteiger partial charge in [0.05, 0.1) is 13.2 Å². The summed E-state index contributed by atoms with van der Waals surface area (Å²) in [6, 6.07) is 36.3. The lowest BCUT2D eigenvalue weighted by Gasteiger charge is -2.45. The maximum atomic E-state index is 7.42. The van der Waals surface area contributed by atoms with E-state index in [0.717, 1.165) is 5.56 Å². The minimum absolute atomic E-state index is 0.160. The van der Waals surface area contributed by atoms with Gasteiger partial charge in [-0.15, -0.1) is 0 Å². The third-order valence-corrected chi connectivity index (χ3v) is 14.9. The first-order valence-electron chi connectivity index (χ1n) is 15.0. The molecule has 2 saturated heterocycles.